The molecular weight excluding hydrogens is 280 g/mol. The van der Waals surface area contributed by atoms with Crippen LogP contribution >= 0.6 is 0 Å². The van der Waals surface area contributed by atoms with Gasteiger partial charge in [0.2, 0.25) is 5.91 Å². The lowest BCUT2D eigenvalue weighted by Crippen LogP contribution is -2.40. The zero-order chi connectivity index (χ0) is 16.1. The van der Waals surface area contributed by atoms with Crippen LogP contribution in [0.25, 0.3) is 0 Å². The molecule has 120 valence electrons. The Morgan fingerprint density at radius 1 is 1.32 bits per heavy atom. The van der Waals surface area contributed by atoms with Crippen molar-refractivity contribution >= 4 is 11.8 Å². The van der Waals surface area contributed by atoms with Gasteiger partial charge >= 0.3 is 0 Å². The van der Waals surface area contributed by atoms with Crippen molar-refractivity contribution in [2.45, 2.75) is 32.4 Å². The van der Waals surface area contributed by atoms with Crippen molar-refractivity contribution in [1.29, 1.82) is 0 Å². The van der Waals surface area contributed by atoms with Crippen molar-refractivity contribution in [3.63, 3.8) is 0 Å². The predicted molar refractivity (Wildman–Crippen MR) is 84.4 cm³/mol. The highest BCUT2D eigenvalue weighted by atomic mass is 16.5. The Labute approximate surface area is 131 Å². The monoisotopic (exact) mass is 304 g/mol. The number of rotatable bonds is 4. The summed E-state index contributed by atoms with van der Waals surface area (Å²) in [6.07, 6.45) is 1.81. The number of carbonyl (C=O) groups is 2. The van der Waals surface area contributed by atoms with Gasteiger partial charge in [0.25, 0.3) is 5.91 Å². The van der Waals surface area contributed by atoms with Crippen LogP contribution < -0.4 is 5.32 Å². The number of hydrogen-bond donors (Lipinski definition) is 1. The van der Waals surface area contributed by atoms with Gasteiger partial charge in [0, 0.05) is 32.8 Å². The highest BCUT2D eigenvalue weighted by molar-refractivity contribution is 5.93. The smallest absolute Gasteiger partial charge is 0.251 e. The number of carbonyl (C=O) groups excluding carboxylic acids is 2. The highest BCUT2D eigenvalue weighted by Crippen LogP contribution is 2.23. The van der Waals surface area contributed by atoms with E-state index in [4.69, 9.17) is 4.74 Å². The van der Waals surface area contributed by atoms with Crippen molar-refractivity contribution in [2.75, 3.05) is 20.7 Å². The molecule has 5 nitrogen and oxygen atoms in total. The average molecular weight is 304 g/mol. The molecule has 0 spiro atoms. The van der Waals surface area contributed by atoms with Crippen LogP contribution in [0.3, 0.4) is 0 Å². The van der Waals surface area contributed by atoms with Gasteiger partial charge in [0.1, 0.15) is 0 Å². The molecule has 1 aliphatic rings. The Bertz CT molecular complexity index is 527. The molecule has 2 amide bonds. The van der Waals surface area contributed by atoms with Gasteiger partial charge in [0.15, 0.2) is 0 Å². The van der Waals surface area contributed by atoms with Gasteiger partial charge in [-0.15, -0.1) is 0 Å². The van der Waals surface area contributed by atoms with E-state index < -0.39 is 0 Å². The Morgan fingerprint density at radius 2 is 2.00 bits per heavy atom. The molecule has 0 radical (unpaired) electrons. The Hall–Kier alpha value is -1.88. The van der Waals surface area contributed by atoms with Gasteiger partial charge in [-0.2, -0.15) is 0 Å². The Morgan fingerprint density at radius 3 is 2.59 bits per heavy atom. The Kier molecular flexibility index (Phi) is 5.55. The van der Waals surface area contributed by atoms with E-state index in [9.17, 15) is 9.59 Å². The highest BCUT2D eigenvalue weighted by Gasteiger charge is 2.30. The van der Waals surface area contributed by atoms with Crippen LogP contribution in [0.4, 0.5) is 0 Å². The van der Waals surface area contributed by atoms with Gasteiger partial charge in [-0.25, -0.2) is 0 Å². The van der Waals surface area contributed by atoms with Gasteiger partial charge in [0.05, 0.1) is 12.0 Å². The molecule has 0 aromatic heterocycles. The first kappa shape index (κ1) is 16.5. The maximum absolute atomic E-state index is 12.5. The molecule has 1 heterocycles. The number of nitrogens with one attached hydrogen (secondary N) is 1. The molecular formula is C17H24N2O3. The minimum Gasteiger partial charge on any atom is -0.378 e. The van der Waals surface area contributed by atoms with Crippen LogP contribution in [0.15, 0.2) is 24.3 Å². The number of benzene rings is 1. The third-order valence-electron chi connectivity index (χ3n) is 4.16. The summed E-state index contributed by atoms with van der Waals surface area (Å²) in [6, 6.07) is 7.32. The minimum absolute atomic E-state index is 0.0145. The summed E-state index contributed by atoms with van der Waals surface area (Å²) >= 11 is 0. The third kappa shape index (κ3) is 3.85. The van der Waals surface area contributed by atoms with Crippen LogP contribution in [0.5, 0.6) is 0 Å². The average Bonchev–Trinajstić information content (AvgIpc) is 2.54. The lowest BCUT2D eigenvalue weighted by atomic mass is 9.94. The van der Waals surface area contributed by atoms with Gasteiger partial charge in [-0.1, -0.05) is 12.1 Å². The van der Waals surface area contributed by atoms with Crippen LogP contribution in [-0.4, -0.2) is 43.5 Å². The van der Waals surface area contributed by atoms with Gasteiger partial charge < -0.3 is 15.0 Å². The zero-order valence-corrected chi connectivity index (χ0v) is 13.5. The predicted octanol–water partition coefficient (Wildman–Crippen LogP) is 1.82. The molecule has 1 saturated heterocycles. The first-order valence-corrected chi connectivity index (χ1v) is 7.70. The van der Waals surface area contributed by atoms with E-state index in [-0.39, 0.29) is 23.8 Å². The fraction of sp³-hybridized carbons (Fsp3) is 0.529. The van der Waals surface area contributed by atoms with E-state index in [1.165, 1.54) is 0 Å². The molecule has 0 unspecified atom stereocenters. The summed E-state index contributed by atoms with van der Waals surface area (Å²) in [6.45, 7) is 3.25. The number of nitrogens with zero attached hydrogens (tertiary/aromatic N) is 1. The number of hydrogen-bond acceptors (Lipinski definition) is 3. The summed E-state index contributed by atoms with van der Waals surface area (Å²) in [7, 11) is 3.42. The normalized spacial score (nSPS) is 21.2. The van der Waals surface area contributed by atoms with E-state index >= 15 is 0 Å². The van der Waals surface area contributed by atoms with Crippen LogP contribution in [0.2, 0.25) is 0 Å². The molecule has 1 aromatic carbocycles. The molecule has 1 fully saturated rings. The maximum Gasteiger partial charge on any atom is 0.251 e. The van der Waals surface area contributed by atoms with Crippen molar-refractivity contribution in [1.82, 2.24) is 10.2 Å². The molecule has 2 rings (SSSR count). The van der Waals surface area contributed by atoms with Crippen LogP contribution in [0, 0.1) is 5.92 Å². The molecule has 22 heavy (non-hydrogen) atoms. The number of amides is 2. The SMILES string of the molecule is CNC(=O)c1ccc(CN(C)C(=O)[C@H]2CCCO[C@@H]2C)cc1. The molecule has 1 N–H and O–H groups in total. The van der Waals surface area contributed by atoms with Crippen LogP contribution in [0.1, 0.15) is 35.7 Å². The van der Waals surface area contributed by atoms with Crippen molar-refractivity contribution < 1.29 is 14.3 Å². The first-order chi connectivity index (χ1) is 10.5. The zero-order valence-electron chi connectivity index (χ0n) is 13.5. The van der Waals surface area contributed by atoms with Crippen molar-refractivity contribution in [2.24, 2.45) is 5.92 Å². The summed E-state index contributed by atoms with van der Waals surface area (Å²) < 4.78 is 5.57. The van der Waals surface area contributed by atoms with E-state index in [1.807, 2.05) is 26.1 Å². The minimum atomic E-state index is -0.107. The molecule has 1 aliphatic heterocycles. The van der Waals surface area contributed by atoms with E-state index in [0.717, 1.165) is 25.0 Å². The van der Waals surface area contributed by atoms with Crippen molar-refractivity contribution in [3.8, 4) is 0 Å². The fourth-order valence-corrected chi connectivity index (χ4v) is 2.79. The summed E-state index contributed by atoms with van der Waals surface area (Å²) in [5, 5.41) is 2.59. The number of ether oxygens (including phenoxy) is 1. The van der Waals surface area contributed by atoms with E-state index in [1.54, 1.807) is 24.1 Å². The summed E-state index contributed by atoms with van der Waals surface area (Å²) in [5.74, 6) is -0.0318. The lowest BCUT2D eigenvalue weighted by molar-refractivity contribution is -0.143. The Balaban J connectivity index is 1.97. The van der Waals surface area contributed by atoms with Gasteiger partial charge in [-0.05, 0) is 37.5 Å². The lowest BCUT2D eigenvalue weighted by Gasteiger charge is -2.31. The van der Waals surface area contributed by atoms with E-state index in [2.05, 4.69) is 5.32 Å². The fourth-order valence-electron chi connectivity index (χ4n) is 2.79. The summed E-state index contributed by atoms with van der Waals surface area (Å²) in [4.78, 5) is 25.8. The molecule has 1 aromatic rings. The topological polar surface area (TPSA) is 58.6 Å². The maximum atomic E-state index is 12.5. The van der Waals surface area contributed by atoms with Gasteiger partial charge in [-0.3, -0.25) is 9.59 Å². The third-order valence-corrected chi connectivity index (χ3v) is 4.16. The molecule has 2 atom stereocenters. The molecule has 0 bridgehead atoms. The molecule has 5 heteroatoms. The molecule has 0 aliphatic carbocycles. The second-order valence-electron chi connectivity index (χ2n) is 5.79. The van der Waals surface area contributed by atoms with E-state index in [0.29, 0.717) is 12.1 Å². The summed E-state index contributed by atoms with van der Waals surface area (Å²) in [5.41, 5.74) is 1.63. The van der Waals surface area contributed by atoms with Crippen molar-refractivity contribution in [3.05, 3.63) is 35.4 Å². The first-order valence-electron chi connectivity index (χ1n) is 7.70. The van der Waals surface area contributed by atoms with Crippen LogP contribution in [-0.2, 0) is 16.1 Å². The second-order valence-corrected chi connectivity index (χ2v) is 5.79. The second kappa shape index (κ2) is 7.40. The molecule has 0 saturated carbocycles. The standard InChI is InChI=1S/C17H24N2O3/c1-12-15(5-4-10-22-12)17(21)19(3)11-13-6-8-14(9-7-13)16(20)18-2/h6-9,12,15H,4-5,10-11H2,1-3H3,(H,18,20)/t12-,15+/m1/s1. The quantitative estimate of drug-likeness (QED) is 0.923. The largest absolute Gasteiger partial charge is 0.378 e.